The van der Waals surface area contributed by atoms with E-state index >= 15 is 0 Å². The van der Waals surface area contributed by atoms with E-state index in [2.05, 4.69) is 15.9 Å². The molecule has 0 fully saturated rings. The highest BCUT2D eigenvalue weighted by Gasteiger charge is 2.26. The molecule has 1 aromatic rings. The van der Waals surface area contributed by atoms with Crippen molar-refractivity contribution >= 4 is 27.4 Å². The number of ketones is 1. The zero-order valence-corrected chi connectivity index (χ0v) is 9.73. The Morgan fingerprint density at radius 2 is 1.88 bits per heavy atom. The Morgan fingerprint density at radius 1 is 1.18 bits per heavy atom. The van der Waals surface area contributed by atoms with Crippen molar-refractivity contribution in [2.45, 2.75) is 19.3 Å². The van der Waals surface area contributed by atoms with Gasteiger partial charge in [0.05, 0.1) is 17.8 Å². The summed E-state index contributed by atoms with van der Waals surface area (Å²) in [7, 11) is -3.49. The van der Waals surface area contributed by atoms with E-state index < -0.39 is 10.2 Å². The summed E-state index contributed by atoms with van der Waals surface area (Å²) >= 11 is 0. The van der Waals surface area contributed by atoms with Gasteiger partial charge in [0.2, 0.25) is 0 Å². The summed E-state index contributed by atoms with van der Waals surface area (Å²) in [5.41, 5.74) is 2.37. The van der Waals surface area contributed by atoms with Gasteiger partial charge < -0.3 is 0 Å². The number of nitrogens with one attached hydrogen (secondary N) is 2. The Balaban J connectivity index is 2.14. The number of aryl methyl sites for hydroxylation is 1. The van der Waals surface area contributed by atoms with E-state index in [4.69, 9.17) is 0 Å². The SMILES string of the molecule is O=C1[C]CCCc2cc3c(cc21)NS(=O)(=O)N3. The van der Waals surface area contributed by atoms with Gasteiger partial charge in [-0.05, 0) is 37.0 Å². The molecular weight excluding hydrogens is 240 g/mol. The van der Waals surface area contributed by atoms with Gasteiger partial charge in [-0.3, -0.25) is 14.2 Å². The van der Waals surface area contributed by atoms with Crippen LogP contribution in [0.5, 0.6) is 0 Å². The average Bonchev–Trinajstić information content (AvgIpc) is 2.44. The first-order valence-corrected chi connectivity index (χ1v) is 6.79. The molecule has 1 aromatic carbocycles. The van der Waals surface area contributed by atoms with Gasteiger partial charge >= 0.3 is 10.2 Å². The molecule has 6 heteroatoms. The fourth-order valence-electron chi connectivity index (χ4n) is 2.12. The fourth-order valence-corrected chi connectivity index (χ4v) is 3.09. The van der Waals surface area contributed by atoms with Crippen molar-refractivity contribution in [1.82, 2.24) is 0 Å². The molecule has 1 heterocycles. The van der Waals surface area contributed by atoms with Crippen LogP contribution in [0, 0.1) is 6.42 Å². The van der Waals surface area contributed by atoms with Gasteiger partial charge in [-0.1, -0.05) is 0 Å². The Morgan fingerprint density at radius 3 is 2.65 bits per heavy atom. The quantitative estimate of drug-likeness (QED) is 0.683. The second-order valence-electron chi connectivity index (χ2n) is 4.12. The zero-order valence-electron chi connectivity index (χ0n) is 8.91. The third-order valence-electron chi connectivity index (χ3n) is 2.89. The monoisotopic (exact) mass is 250 g/mol. The molecule has 0 aromatic heterocycles. The van der Waals surface area contributed by atoms with E-state index in [1.807, 2.05) is 0 Å². The van der Waals surface area contributed by atoms with E-state index in [-0.39, 0.29) is 5.78 Å². The topological polar surface area (TPSA) is 75.3 Å². The van der Waals surface area contributed by atoms with Gasteiger partial charge in [-0.25, -0.2) is 0 Å². The Kier molecular flexibility index (Phi) is 2.16. The van der Waals surface area contributed by atoms with Crippen molar-refractivity contribution in [1.29, 1.82) is 0 Å². The first-order valence-electron chi connectivity index (χ1n) is 5.31. The molecule has 88 valence electrons. The van der Waals surface area contributed by atoms with Crippen LogP contribution < -0.4 is 9.44 Å². The molecule has 0 bridgehead atoms. The summed E-state index contributed by atoms with van der Waals surface area (Å²) in [5, 5.41) is 0. The lowest BCUT2D eigenvalue weighted by molar-refractivity contribution is 0.102. The van der Waals surface area contributed by atoms with Gasteiger partial charge in [-0.2, -0.15) is 8.42 Å². The number of hydrogen-bond donors (Lipinski definition) is 2. The summed E-state index contributed by atoms with van der Waals surface area (Å²) < 4.78 is 27.4. The van der Waals surface area contributed by atoms with Crippen molar-refractivity contribution in [3.8, 4) is 0 Å². The maximum atomic E-state index is 11.8. The molecule has 0 amide bonds. The third kappa shape index (κ3) is 1.78. The summed E-state index contributed by atoms with van der Waals surface area (Å²) in [6.07, 6.45) is 5.05. The number of anilines is 2. The van der Waals surface area contributed by atoms with Crippen LogP contribution in [-0.4, -0.2) is 14.2 Å². The van der Waals surface area contributed by atoms with Crippen LogP contribution in [0.1, 0.15) is 28.8 Å². The number of Topliss-reactive ketones (excluding diaryl/α,β-unsaturated/α-hetero) is 1. The predicted molar refractivity (Wildman–Crippen MR) is 63.1 cm³/mol. The van der Waals surface area contributed by atoms with Crippen LogP contribution in [-0.2, 0) is 16.6 Å². The van der Waals surface area contributed by atoms with Crippen LogP contribution in [0.15, 0.2) is 12.1 Å². The third-order valence-corrected chi connectivity index (χ3v) is 3.86. The molecule has 2 radical (unpaired) electrons. The Hall–Kier alpha value is -1.56. The molecule has 0 atom stereocenters. The number of carbonyl (C=O) groups excluding carboxylic acids is 1. The standard InChI is InChI=1S/C11H10N2O3S/c14-11-4-2-1-3-7-5-9-10(6-8(7)11)13-17(15,16)12-9/h5-6,12-13H,1-3H2. The van der Waals surface area contributed by atoms with Gasteiger partial charge in [-0.15, -0.1) is 0 Å². The van der Waals surface area contributed by atoms with Gasteiger partial charge in [0, 0.05) is 5.56 Å². The molecule has 1 aliphatic heterocycles. The normalized spacial score (nSPS) is 20.8. The maximum absolute atomic E-state index is 11.8. The largest absolute Gasteiger partial charge is 0.321 e. The van der Waals surface area contributed by atoms with Crippen LogP contribution in [0.3, 0.4) is 0 Å². The highest BCUT2D eigenvalue weighted by Crippen LogP contribution is 2.34. The van der Waals surface area contributed by atoms with Crippen LogP contribution in [0.25, 0.3) is 0 Å². The van der Waals surface area contributed by atoms with E-state index in [9.17, 15) is 13.2 Å². The number of fused-ring (bicyclic) bond motifs is 2. The van der Waals surface area contributed by atoms with E-state index in [1.165, 1.54) is 0 Å². The molecule has 0 saturated heterocycles. The minimum absolute atomic E-state index is 0.147. The highest BCUT2D eigenvalue weighted by molar-refractivity contribution is 7.94. The first kappa shape index (κ1) is 10.6. The van der Waals surface area contributed by atoms with E-state index in [0.717, 1.165) is 18.4 Å². The Labute approximate surface area is 99.4 Å². The van der Waals surface area contributed by atoms with Crippen molar-refractivity contribution in [2.75, 3.05) is 9.44 Å². The molecule has 1 aliphatic carbocycles. The van der Waals surface area contributed by atoms with Crippen LogP contribution in [0.2, 0.25) is 0 Å². The fraction of sp³-hybridized carbons (Fsp3) is 0.273. The second-order valence-corrected chi connectivity index (χ2v) is 5.54. The van der Waals surface area contributed by atoms with Crippen LogP contribution in [0.4, 0.5) is 11.4 Å². The van der Waals surface area contributed by atoms with Gasteiger partial charge in [0.15, 0.2) is 5.78 Å². The van der Waals surface area contributed by atoms with Crippen molar-refractivity contribution < 1.29 is 13.2 Å². The lowest BCUT2D eigenvalue weighted by Gasteiger charge is -2.06. The molecule has 0 spiro atoms. The van der Waals surface area contributed by atoms with Gasteiger partial charge in [0.1, 0.15) is 0 Å². The molecule has 2 aliphatic rings. The minimum Gasteiger partial charge on any atom is -0.293 e. The number of carbonyl (C=O) groups is 1. The number of hydrogen-bond acceptors (Lipinski definition) is 3. The van der Waals surface area contributed by atoms with Crippen molar-refractivity contribution in [3.63, 3.8) is 0 Å². The van der Waals surface area contributed by atoms with Crippen molar-refractivity contribution in [2.24, 2.45) is 0 Å². The predicted octanol–water partition coefficient (Wildman–Crippen LogP) is 1.37. The zero-order chi connectivity index (χ0) is 12.0. The van der Waals surface area contributed by atoms with Crippen molar-refractivity contribution in [3.05, 3.63) is 29.7 Å². The number of rotatable bonds is 0. The lowest BCUT2D eigenvalue weighted by atomic mass is 10.0. The molecule has 0 unspecified atom stereocenters. The molecule has 0 saturated carbocycles. The molecular formula is C11H10N2O3S. The van der Waals surface area contributed by atoms with E-state index in [0.29, 0.717) is 23.4 Å². The summed E-state index contributed by atoms with van der Waals surface area (Å²) in [5.74, 6) is -0.147. The minimum atomic E-state index is -3.49. The molecule has 3 rings (SSSR count). The first-order chi connectivity index (χ1) is 8.05. The second kappa shape index (κ2) is 3.46. The van der Waals surface area contributed by atoms with Gasteiger partial charge in [0.25, 0.3) is 0 Å². The molecule has 2 N–H and O–H groups in total. The average molecular weight is 250 g/mol. The lowest BCUT2D eigenvalue weighted by Crippen LogP contribution is -2.12. The highest BCUT2D eigenvalue weighted by atomic mass is 32.2. The molecule has 5 nitrogen and oxygen atoms in total. The summed E-state index contributed by atoms with van der Waals surface area (Å²) in [4.78, 5) is 11.8. The van der Waals surface area contributed by atoms with E-state index in [1.54, 1.807) is 12.1 Å². The Bertz CT molecular complexity index is 607. The van der Waals surface area contributed by atoms with Crippen LogP contribution >= 0.6 is 0 Å². The summed E-state index contributed by atoms with van der Waals surface area (Å²) in [6, 6.07) is 3.32. The smallest absolute Gasteiger partial charge is 0.293 e. The summed E-state index contributed by atoms with van der Waals surface area (Å²) in [6.45, 7) is 0. The maximum Gasteiger partial charge on any atom is 0.321 e. The molecule has 17 heavy (non-hydrogen) atoms. The number of benzene rings is 1.